The Bertz CT molecular complexity index is 379. The molecular formula is C31H62O2. The lowest BCUT2D eigenvalue weighted by atomic mass is 9.94. The van der Waals surface area contributed by atoms with Crippen LogP contribution in [0.2, 0.25) is 0 Å². The molecule has 0 aliphatic heterocycles. The Hall–Kier alpha value is -0.530. The summed E-state index contributed by atoms with van der Waals surface area (Å²) in [6.07, 6.45) is 32.4. The van der Waals surface area contributed by atoms with E-state index in [0.717, 1.165) is 6.42 Å². The highest BCUT2D eigenvalue weighted by molar-refractivity contribution is 5.69. The minimum absolute atomic E-state index is 0.0441. The average molecular weight is 467 g/mol. The molecule has 0 heterocycles. The van der Waals surface area contributed by atoms with Crippen molar-refractivity contribution in [2.45, 2.75) is 181 Å². The van der Waals surface area contributed by atoms with Gasteiger partial charge in [-0.3, -0.25) is 4.79 Å². The summed E-state index contributed by atoms with van der Waals surface area (Å²) in [6, 6.07) is 0. The Morgan fingerprint density at radius 1 is 0.485 bits per heavy atom. The molecule has 2 nitrogen and oxygen atoms in total. The van der Waals surface area contributed by atoms with E-state index >= 15 is 0 Å². The summed E-state index contributed by atoms with van der Waals surface area (Å²) in [5.74, 6) is 0.626. The van der Waals surface area contributed by atoms with E-state index in [4.69, 9.17) is 4.74 Å². The predicted octanol–water partition coefficient (Wildman–Crippen LogP) is 11.0. The molecule has 0 radical (unpaired) electrons. The van der Waals surface area contributed by atoms with E-state index in [1.807, 2.05) is 0 Å². The lowest BCUT2D eigenvalue weighted by Gasteiger charge is -2.17. The Morgan fingerprint density at radius 3 is 1.21 bits per heavy atom. The molecular weight excluding hydrogens is 404 g/mol. The molecule has 0 saturated carbocycles. The number of carbonyl (C=O) groups is 1. The van der Waals surface area contributed by atoms with Crippen LogP contribution in [0.25, 0.3) is 0 Å². The minimum atomic E-state index is 0.0441. The number of hydrogen-bond acceptors (Lipinski definition) is 2. The number of esters is 1. The third-order valence-corrected chi connectivity index (χ3v) is 7.15. The molecule has 0 rings (SSSR count). The topological polar surface area (TPSA) is 26.3 Å². The highest BCUT2D eigenvalue weighted by Gasteiger charge is 2.12. The molecule has 0 bridgehead atoms. The molecule has 0 amide bonds. The quantitative estimate of drug-likeness (QED) is 0.0888. The highest BCUT2D eigenvalue weighted by Crippen LogP contribution is 2.20. The van der Waals surface area contributed by atoms with Crippen LogP contribution in [0, 0.1) is 5.92 Å². The van der Waals surface area contributed by atoms with Gasteiger partial charge in [0, 0.05) is 6.42 Å². The van der Waals surface area contributed by atoms with Crippen LogP contribution in [0.15, 0.2) is 0 Å². The molecule has 0 saturated heterocycles. The van der Waals surface area contributed by atoms with Gasteiger partial charge in [-0.1, -0.05) is 156 Å². The van der Waals surface area contributed by atoms with Crippen LogP contribution < -0.4 is 0 Å². The van der Waals surface area contributed by atoms with E-state index in [9.17, 15) is 4.79 Å². The van der Waals surface area contributed by atoms with Gasteiger partial charge in [0.2, 0.25) is 0 Å². The van der Waals surface area contributed by atoms with Crippen LogP contribution in [0.4, 0.5) is 0 Å². The van der Waals surface area contributed by atoms with Crippen LogP contribution in [0.5, 0.6) is 0 Å². The van der Waals surface area contributed by atoms with Crippen LogP contribution in [-0.4, -0.2) is 12.6 Å². The summed E-state index contributed by atoms with van der Waals surface area (Å²) in [5, 5.41) is 0. The van der Waals surface area contributed by atoms with Crippen molar-refractivity contribution in [3.8, 4) is 0 Å². The zero-order chi connectivity index (χ0) is 24.2. The smallest absolute Gasteiger partial charge is 0.305 e. The molecule has 0 aromatic carbocycles. The second-order valence-corrected chi connectivity index (χ2v) is 10.6. The van der Waals surface area contributed by atoms with Crippen molar-refractivity contribution >= 4 is 5.97 Å². The third kappa shape index (κ3) is 25.9. The number of ether oxygens (including phenoxy) is 1. The zero-order valence-electron chi connectivity index (χ0n) is 23.3. The summed E-state index contributed by atoms with van der Waals surface area (Å²) in [5.41, 5.74) is 0. The molecule has 0 aliphatic rings. The molecule has 0 aromatic rings. The van der Waals surface area contributed by atoms with E-state index in [2.05, 4.69) is 20.8 Å². The van der Waals surface area contributed by atoms with Crippen LogP contribution in [0.1, 0.15) is 181 Å². The fourth-order valence-electron chi connectivity index (χ4n) is 4.78. The van der Waals surface area contributed by atoms with Gasteiger partial charge in [0.1, 0.15) is 0 Å². The highest BCUT2D eigenvalue weighted by atomic mass is 16.5. The lowest BCUT2D eigenvalue weighted by molar-refractivity contribution is -0.145. The summed E-state index contributed by atoms with van der Waals surface area (Å²) < 4.78 is 5.73. The van der Waals surface area contributed by atoms with Crippen molar-refractivity contribution in [2.24, 2.45) is 5.92 Å². The molecule has 198 valence electrons. The van der Waals surface area contributed by atoms with Gasteiger partial charge in [0.25, 0.3) is 0 Å². The van der Waals surface area contributed by atoms with Gasteiger partial charge in [-0.2, -0.15) is 0 Å². The van der Waals surface area contributed by atoms with Gasteiger partial charge in [-0.05, 0) is 25.2 Å². The molecule has 0 N–H and O–H groups in total. The Kier molecular flexibility index (Phi) is 27.3. The first-order valence-electron chi connectivity index (χ1n) is 15.4. The van der Waals surface area contributed by atoms with Crippen molar-refractivity contribution in [3.63, 3.8) is 0 Å². The van der Waals surface area contributed by atoms with E-state index in [1.54, 1.807) is 0 Å². The first-order valence-corrected chi connectivity index (χ1v) is 15.4. The summed E-state index contributed by atoms with van der Waals surface area (Å²) in [7, 11) is 0. The van der Waals surface area contributed by atoms with Crippen LogP contribution in [0.3, 0.4) is 0 Å². The zero-order valence-corrected chi connectivity index (χ0v) is 23.3. The first kappa shape index (κ1) is 32.5. The van der Waals surface area contributed by atoms with Gasteiger partial charge in [0.15, 0.2) is 0 Å². The molecule has 0 fully saturated rings. The minimum Gasteiger partial charge on any atom is -0.465 e. The van der Waals surface area contributed by atoms with Crippen molar-refractivity contribution < 1.29 is 9.53 Å². The summed E-state index contributed by atoms with van der Waals surface area (Å²) in [4.78, 5) is 12.2. The summed E-state index contributed by atoms with van der Waals surface area (Å²) >= 11 is 0. The normalized spacial score (nSPS) is 12.2. The number of unbranched alkanes of at least 4 members (excludes halogenated alkanes) is 19. The number of hydrogen-bond donors (Lipinski definition) is 0. The molecule has 0 spiro atoms. The third-order valence-electron chi connectivity index (χ3n) is 7.15. The van der Waals surface area contributed by atoms with Crippen molar-refractivity contribution in [2.75, 3.05) is 6.61 Å². The van der Waals surface area contributed by atoms with Gasteiger partial charge < -0.3 is 4.74 Å². The molecule has 0 aromatic heterocycles. The van der Waals surface area contributed by atoms with Crippen molar-refractivity contribution in [1.29, 1.82) is 0 Å². The van der Waals surface area contributed by atoms with Crippen molar-refractivity contribution in [1.82, 2.24) is 0 Å². The largest absolute Gasteiger partial charge is 0.465 e. The van der Waals surface area contributed by atoms with E-state index < -0.39 is 0 Å². The predicted molar refractivity (Wildman–Crippen MR) is 147 cm³/mol. The lowest BCUT2D eigenvalue weighted by Crippen LogP contribution is -2.14. The average Bonchev–Trinajstić information content (AvgIpc) is 2.82. The standard InChI is InChI=1S/C31H62O2/c1-4-7-10-13-15-16-17-19-21-24-27-30(26-23-20-12-9-6-3)29-33-31(32)28-25-22-18-14-11-8-5-2/h30H,4-29H2,1-3H3. The molecule has 1 atom stereocenters. The second kappa shape index (κ2) is 27.7. The fraction of sp³-hybridized carbons (Fsp3) is 0.968. The Labute approximate surface area is 209 Å². The second-order valence-electron chi connectivity index (χ2n) is 10.6. The maximum absolute atomic E-state index is 12.2. The van der Waals surface area contributed by atoms with E-state index in [1.165, 1.54) is 148 Å². The molecule has 1 unspecified atom stereocenters. The van der Waals surface area contributed by atoms with Gasteiger partial charge >= 0.3 is 5.97 Å². The Balaban J connectivity index is 3.92. The van der Waals surface area contributed by atoms with E-state index in [-0.39, 0.29) is 5.97 Å². The van der Waals surface area contributed by atoms with Crippen LogP contribution in [-0.2, 0) is 9.53 Å². The molecule has 2 heteroatoms. The van der Waals surface area contributed by atoms with Gasteiger partial charge in [-0.25, -0.2) is 0 Å². The maximum Gasteiger partial charge on any atom is 0.305 e. The van der Waals surface area contributed by atoms with Gasteiger partial charge in [0.05, 0.1) is 6.61 Å². The Morgan fingerprint density at radius 2 is 0.818 bits per heavy atom. The van der Waals surface area contributed by atoms with E-state index in [0.29, 0.717) is 18.9 Å². The van der Waals surface area contributed by atoms with Gasteiger partial charge in [-0.15, -0.1) is 0 Å². The first-order chi connectivity index (χ1) is 16.2. The van der Waals surface area contributed by atoms with Crippen LogP contribution >= 0.6 is 0 Å². The SMILES string of the molecule is CCCCCCCCCCCCC(CCCCCCC)COC(=O)CCCCCCCCC. The maximum atomic E-state index is 12.2. The fourth-order valence-corrected chi connectivity index (χ4v) is 4.78. The number of rotatable bonds is 27. The molecule has 0 aliphatic carbocycles. The monoisotopic (exact) mass is 466 g/mol. The molecule has 33 heavy (non-hydrogen) atoms. The summed E-state index contributed by atoms with van der Waals surface area (Å²) in [6.45, 7) is 7.49. The number of carbonyl (C=O) groups excluding carboxylic acids is 1. The van der Waals surface area contributed by atoms with Crippen molar-refractivity contribution in [3.05, 3.63) is 0 Å².